The number of rotatable bonds is 10. The lowest BCUT2D eigenvalue weighted by atomic mass is 10.2. The number of amides is 3. The number of hydrogen-bond acceptors (Lipinski definition) is 8. The van der Waals surface area contributed by atoms with Crippen LogP contribution in [0.4, 0.5) is 11.4 Å². The van der Waals surface area contributed by atoms with Crippen LogP contribution >= 0.6 is 11.8 Å². The van der Waals surface area contributed by atoms with Gasteiger partial charge in [-0.25, -0.2) is 0 Å². The highest BCUT2D eigenvalue weighted by Crippen LogP contribution is 2.37. The molecule has 2 heterocycles. The number of ether oxygens (including phenoxy) is 2. The SMILES string of the molecule is COc1ccc(NC2=C(Sc3cccc(NC(=O)c4cccc(OC)c4)c3)C(=O)N(Cc3ccco3)C2=O)cc1. The summed E-state index contributed by atoms with van der Waals surface area (Å²) in [4.78, 5) is 41.8. The number of thioether (sulfide) groups is 1. The molecule has 0 aliphatic carbocycles. The Morgan fingerprint density at radius 2 is 1.62 bits per heavy atom. The molecule has 0 fully saturated rings. The van der Waals surface area contributed by atoms with Gasteiger partial charge in [-0.1, -0.05) is 23.9 Å². The van der Waals surface area contributed by atoms with E-state index in [1.165, 1.54) is 13.4 Å². The molecule has 0 atom stereocenters. The van der Waals surface area contributed by atoms with E-state index in [1.807, 2.05) is 0 Å². The van der Waals surface area contributed by atoms with Gasteiger partial charge in [0.15, 0.2) is 0 Å². The van der Waals surface area contributed by atoms with Crippen LogP contribution in [0.1, 0.15) is 16.1 Å². The van der Waals surface area contributed by atoms with E-state index in [4.69, 9.17) is 13.9 Å². The fourth-order valence-electron chi connectivity index (χ4n) is 4.00. The van der Waals surface area contributed by atoms with E-state index >= 15 is 0 Å². The van der Waals surface area contributed by atoms with Crippen molar-refractivity contribution in [2.45, 2.75) is 11.4 Å². The molecule has 3 aromatic carbocycles. The number of furan rings is 1. The van der Waals surface area contributed by atoms with E-state index in [2.05, 4.69) is 10.6 Å². The smallest absolute Gasteiger partial charge is 0.278 e. The zero-order valence-corrected chi connectivity index (χ0v) is 22.5. The maximum Gasteiger partial charge on any atom is 0.278 e. The second-order valence-corrected chi connectivity index (χ2v) is 9.73. The number of nitrogens with one attached hydrogen (secondary N) is 2. The average Bonchev–Trinajstić information content (AvgIpc) is 3.57. The van der Waals surface area contributed by atoms with Crippen LogP contribution in [0.5, 0.6) is 11.5 Å². The van der Waals surface area contributed by atoms with E-state index in [-0.39, 0.29) is 23.1 Å². The highest BCUT2D eigenvalue weighted by molar-refractivity contribution is 8.04. The molecule has 1 aromatic heterocycles. The van der Waals surface area contributed by atoms with Gasteiger partial charge in [0.25, 0.3) is 17.7 Å². The Hall–Kier alpha value is -4.96. The van der Waals surface area contributed by atoms with Crippen molar-refractivity contribution >= 4 is 40.9 Å². The summed E-state index contributed by atoms with van der Waals surface area (Å²) in [5, 5.41) is 5.98. The third-order valence-electron chi connectivity index (χ3n) is 6.02. The fourth-order valence-corrected chi connectivity index (χ4v) is 5.01. The third-order valence-corrected chi connectivity index (χ3v) is 7.10. The van der Waals surface area contributed by atoms with Crippen LogP contribution in [0.25, 0.3) is 0 Å². The number of carbonyl (C=O) groups excluding carboxylic acids is 3. The topological polar surface area (TPSA) is 110 Å². The normalized spacial score (nSPS) is 13.0. The lowest BCUT2D eigenvalue weighted by Gasteiger charge is -2.13. The van der Waals surface area contributed by atoms with Crippen molar-refractivity contribution < 1.29 is 28.3 Å². The first-order valence-electron chi connectivity index (χ1n) is 12.2. The predicted octanol–water partition coefficient (Wildman–Crippen LogP) is 5.53. The van der Waals surface area contributed by atoms with Crippen LogP contribution < -0.4 is 20.1 Å². The largest absolute Gasteiger partial charge is 0.497 e. The first-order valence-corrected chi connectivity index (χ1v) is 13.0. The third kappa shape index (κ3) is 5.87. The Bertz CT molecular complexity index is 1580. The average molecular weight is 556 g/mol. The van der Waals surface area contributed by atoms with Gasteiger partial charge in [-0.3, -0.25) is 19.3 Å². The lowest BCUT2D eigenvalue weighted by molar-refractivity contribution is -0.138. The number of nitrogens with zero attached hydrogens (tertiary/aromatic N) is 1. The zero-order chi connectivity index (χ0) is 28.1. The molecule has 0 saturated carbocycles. The van der Waals surface area contributed by atoms with Crippen molar-refractivity contribution in [1.29, 1.82) is 0 Å². The van der Waals surface area contributed by atoms with E-state index in [0.717, 1.165) is 16.7 Å². The molecule has 1 aliphatic rings. The Labute approximate surface area is 234 Å². The predicted molar refractivity (Wildman–Crippen MR) is 151 cm³/mol. The van der Waals surface area contributed by atoms with Crippen molar-refractivity contribution in [3.8, 4) is 11.5 Å². The minimum Gasteiger partial charge on any atom is -0.497 e. The number of hydrogen-bond donors (Lipinski definition) is 2. The van der Waals surface area contributed by atoms with E-state index in [9.17, 15) is 14.4 Å². The van der Waals surface area contributed by atoms with Crippen molar-refractivity contribution in [2.75, 3.05) is 24.9 Å². The van der Waals surface area contributed by atoms with Crippen molar-refractivity contribution in [3.63, 3.8) is 0 Å². The molecule has 40 heavy (non-hydrogen) atoms. The summed E-state index contributed by atoms with van der Waals surface area (Å²) in [6.45, 7) is -0.000839. The van der Waals surface area contributed by atoms with Crippen LogP contribution in [0.3, 0.4) is 0 Å². The molecule has 0 spiro atoms. The van der Waals surface area contributed by atoms with Gasteiger partial charge in [0.2, 0.25) is 0 Å². The monoisotopic (exact) mass is 555 g/mol. The standard InChI is InChI=1S/C30H25N3O6S/c1-37-22-13-11-20(12-14-22)31-26-27(30(36)33(29(26)35)18-24-9-5-15-39-24)40-25-10-4-7-21(17-25)32-28(34)19-6-3-8-23(16-19)38-2/h3-17,31H,18H2,1-2H3,(H,32,34). The second kappa shape index (κ2) is 11.8. The van der Waals surface area contributed by atoms with Crippen molar-refractivity contribution in [1.82, 2.24) is 4.90 Å². The number of anilines is 2. The first kappa shape index (κ1) is 26.6. The summed E-state index contributed by atoms with van der Waals surface area (Å²) >= 11 is 1.14. The number of benzene rings is 3. The van der Waals surface area contributed by atoms with Gasteiger partial charge < -0.3 is 24.5 Å². The van der Waals surface area contributed by atoms with Gasteiger partial charge in [-0.15, -0.1) is 0 Å². The summed E-state index contributed by atoms with van der Waals surface area (Å²) in [6.07, 6.45) is 1.49. The van der Waals surface area contributed by atoms with Gasteiger partial charge in [0.1, 0.15) is 27.9 Å². The van der Waals surface area contributed by atoms with Gasteiger partial charge in [-0.2, -0.15) is 0 Å². The van der Waals surface area contributed by atoms with Crippen LogP contribution in [0.2, 0.25) is 0 Å². The molecule has 0 saturated heterocycles. The summed E-state index contributed by atoms with van der Waals surface area (Å²) in [5.41, 5.74) is 1.75. The van der Waals surface area contributed by atoms with Gasteiger partial charge >= 0.3 is 0 Å². The van der Waals surface area contributed by atoms with Crippen molar-refractivity contribution in [2.24, 2.45) is 0 Å². The molecule has 9 nitrogen and oxygen atoms in total. The summed E-state index contributed by atoms with van der Waals surface area (Å²) < 4.78 is 15.8. The van der Waals surface area contributed by atoms with E-state index in [1.54, 1.807) is 92.0 Å². The quantitative estimate of drug-likeness (QED) is 0.246. The molecular formula is C30H25N3O6S. The Kier molecular flexibility index (Phi) is 7.88. The zero-order valence-electron chi connectivity index (χ0n) is 21.7. The minimum absolute atomic E-state index is 0.000839. The maximum absolute atomic E-state index is 13.5. The Morgan fingerprint density at radius 3 is 2.35 bits per heavy atom. The van der Waals surface area contributed by atoms with E-state index in [0.29, 0.717) is 39.1 Å². The molecule has 0 unspecified atom stereocenters. The number of imide groups is 1. The summed E-state index contributed by atoms with van der Waals surface area (Å²) in [5.74, 6) is 0.493. The van der Waals surface area contributed by atoms with E-state index < -0.39 is 11.8 Å². The number of methoxy groups -OCH3 is 2. The summed E-state index contributed by atoms with van der Waals surface area (Å²) in [7, 11) is 3.10. The second-order valence-electron chi connectivity index (χ2n) is 8.65. The molecule has 2 N–H and O–H groups in total. The van der Waals surface area contributed by atoms with Gasteiger partial charge in [-0.05, 0) is 72.8 Å². The van der Waals surface area contributed by atoms with Crippen LogP contribution in [0, 0.1) is 0 Å². The molecule has 3 amide bonds. The number of carbonyl (C=O) groups is 3. The van der Waals surface area contributed by atoms with Crippen LogP contribution in [0.15, 0.2) is 111 Å². The van der Waals surface area contributed by atoms with Crippen molar-refractivity contribution in [3.05, 3.63) is 113 Å². The fraction of sp³-hybridized carbons (Fsp3) is 0.100. The first-order chi connectivity index (χ1) is 19.4. The lowest BCUT2D eigenvalue weighted by Crippen LogP contribution is -2.31. The molecule has 10 heteroatoms. The van der Waals surface area contributed by atoms with Crippen LogP contribution in [-0.4, -0.2) is 36.8 Å². The highest BCUT2D eigenvalue weighted by atomic mass is 32.2. The molecule has 4 aromatic rings. The molecule has 0 radical (unpaired) electrons. The highest BCUT2D eigenvalue weighted by Gasteiger charge is 2.39. The molecule has 202 valence electrons. The Balaban J connectivity index is 1.40. The molecule has 5 rings (SSSR count). The Morgan fingerprint density at radius 1 is 0.850 bits per heavy atom. The van der Waals surface area contributed by atoms with Gasteiger partial charge in [0, 0.05) is 21.8 Å². The molecule has 0 bridgehead atoms. The summed E-state index contributed by atoms with van der Waals surface area (Å²) in [6, 6.07) is 24.3. The maximum atomic E-state index is 13.5. The van der Waals surface area contributed by atoms with Crippen LogP contribution in [-0.2, 0) is 16.1 Å². The minimum atomic E-state index is -0.470. The van der Waals surface area contributed by atoms with Gasteiger partial charge in [0.05, 0.1) is 27.0 Å². The molecule has 1 aliphatic heterocycles. The molecular weight excluding hydrogens is 530 g/mol.